The largest absolute Gasteiger partial charge is 0.367 e. The molecule has 3 heteroatoms. The summed E-state index contributed by atoms with van der Waals surface area (Å²) in [5, 5.41) is 0. The van der Waals surface area contributed by atoms with E-state index in [0.717, 1.165) is 0 Å². The van der Waals surface area contributed by atoms with E-state index in [4.69, 9.17) is 4.74 Å². The Morgan fingerprint density at radius 1 is 1.00 bits per heavy atom. The Bertz CT molecular complexity index is 114. The van der Waals surface area contributed by atoms with E-state index in [-0.39, 0.29) is 0 Å². The van der Waals surface area contributed by atoms with Gasteiger partial charge >= 0.3 is 0 Å². The predicted octanol–water partition coefficient (Wildman–Crippen LogP) is 2.07. The summed E-state index contributed by atoms with van der Waals surface area (Å²) in [5.41, 5.74) is 0. The van der Waals surface area contributed by atoms with E-state index in [1.54, 1.807) is 0 Å². The summed E-state index contributed by atoms with van der Waals surface area (Å²) in [6.07, 6.45) is 3.53. The lowest BCUT2D eigenvalue weighted by atomic mass is 10.0. The Morgan fingerprint density at radius 2 is 1.44 bits per heavy atom. The number of halogens is 2. The number of fused-ring (bicyclic) bond motifs is 1. The second kappa shape index (κ2) is 2.21. The molecule has 0 spiro atoms. The smallest absolute Gasteiger partial charge is 0.0978 e. The van der Waals surface area contributed by atoms with Crippen molar-refractivity contribution in [3.63, 3.8) is 0 Å². The van der Waals surface area contributed by atoms with Gasteiger partial charge in [-0.15, -0.1) is 0 Å². The Balaban J connectivity index is 2.01. The van der Waals surface area contributed by atoms with Crippen LogP contribution in [0.4, 0.5) is 0 Å². The van der Waals surface area contributed by atoms with Crippen molar-refractivity contribution in [1.82, 2.24) is 0 Å². The zero-order chi connectivity index (χ0) is 6.43. The highest BCUT2D eigenvalue weighted by atomic mass is 79.9. The van der Waals surface area contributed by atoms with Crippen LogP contribution < -0.4 is 0 Å². The molecule has 1 saturated carbocycles. The van der Waals surface area contributed by atoms with Crippen molar-refractivity contribution in [3.05, 3.63) is 0 Å². The zero-order valence-corrected chi connectivity index (χ0v) is 8.06. The topological polar surface area (TPSA) is 12.5 Å². The Labute approximate surface area is 71.4 Å². The van der Waals surface area contributed by atoms with Gasteiger partial charge in [0.25, 0.3) is 0 Å². The van der Waals surface area contributed by atoms with Crippen LogP contribution in [0.2, 0.25) is 0 Å². The minimum absolute atomic E-state index is 0.517. The van der Waals surface area contributed by atoms with Gasteiger partial charge in [-0.2, -0.15) is 0 Å². The zero-order valence-electron chi connectivity index (χ0n) is 4.89. The van der Waals surface area contributed by atoms with Crippen LogP contribution >= 0.6 is 31.9 Å². The van der Waals surface area contributed by atoms with E-state index < -0.39 is 0 Å². The van der Waals surface area contributed by atoms with Crippen molar-refractivity contribution in [2.45, 2.75) is 34.7 Å². The van der Waals surface area contributed by atoms with Gasteiger partial charge in [0, 0.05) is 9.65 Å². The quantitative estimate of drug-likeness (QED) is 0.477. The number of alkyl halides is 2. The van der Waals surface area contributed by atoms with Gasteiger partial charge in [0.2, 0.25) is 0 Å². The lowest BCUT2D eigenvalue weighted by Crippen LogP contribution is -2.23. The molecule has 0 aromatic rings. The van der Waals surface area contributed by atoms with Crippen molar-refractivity contribution in [2.75, 3.05) is 0 Å². The fourth-order valence-electron chi connectivity index (χ4n) is 1.37. The standard InChI is InChI=1S/C6H8Br2O/c7-3-1-2-4(8)6-5(3)9-6/h3-6H,1-2H2. The molecule has 0 bridgehead atoms. The normalized spacial score (nSPS) is 56.7. The molecule has 4 atom stereocenters. The molecule has 0 amide bonds. The number of epoxide rings is 1. The van der Waals surface area contributed by atoms with Gasteiger partial charge in [-0.1, -0.05) is 31.9 Å². The summed E-state index contributed by atoms with van der Waals surface area (Å²) in [6.45, 7) is 0. The molecule has 0 aromatic carbocycles. The van der Waals surface area contributed by atoms with Gasteiger partial charge in [0.15, 0.2) is 0 Å². The van der Waals surface area contributed by atoms with Crippen LogP contribution in [0.1, 0.15) is 12.8 Å². The third-order valence-corrected chi connectivity index (χ3v) is 3.95. The number of rotatable bonds is 0. The van der Waals surface area contributed by atoms with E-state index in [2.05, 4.69) is 31.9 Å². The van der Waals surface area contributed by atoms with Crippen molar-refractivity contribution in [2.24, 2.45) is 0 Å². The molecule has 1 aliphatic carbocycles. The van der Waals surface area contributed by atoms with Crippen LogP contribution in [-0.4, -0.2) is 21.9 Å². The minimum atomic E-state index is 0.517. The lowest BCUT2D eigenvalue weighted by molar-refractivity contribution is 0.379. The second-order valence-corrected chi connectivity index (χ2v) is 5.03. The van der Waals surface area contributed by atoms with E-state index >= 15 is 0 Å². The predicted molar refractivity (Wildman–Crippen MR) is 43.3 cm³/mol. The SMILES string of the molecule is BrC1CCC(Br)C2OC12. The molecular formula is C6H8Br2O. The average molecular weight is 256 g/mol. The van der Waals surface area contributed by atoms with E-state index in [0.29, 0.717) is 21.9 Å². The molecule has 1 aliphatic heterocycles. The maximum Gasteiger partial charge on any atom is 0.0978 e. The summed E-state index contributed by atoms with van der Waals surface area (Å²) in [7, 11) is 0. The summed E-state index contributed by atoms with van der Waals surface area (Å²) in [5.74, 6) is 0. The van der Waals surface area contributed by atoms with Crippen LogP contribution in [0.25, 0.3) is 0 Å². The first kappa shape index (κ1) is 6.62. The van der Waals surface area contributed by atoms with Crippen molar-refractivity contribution in [1.29, 1.82) is 0 Å². The Kier molecular flexibility index (Phi) is 1.62. The summed E-state index contributed by atoms with van der Waals surface area (Å²) < 4.78 is 5.41. The lowest BCUT2D eigenvalue weighted by Gasteiger charge is -2.15. The molecule has 2 fully saturated rings. The fraction of sp³-hybridized carbons (Fsp3) is 1.00. The molecule has 4 unspecified atom stereocenters. The molecule has 1 nitrogen and oxygen atoms in total. The van der Waals surface area contributed by atoms with Gasteiger partial charge in [0.05, 0.1) is 12.2 Å². The first-order valence-electron chi connectivity index (χ1n) is 3.22. The maximum atomic E-state index is 5.41. The van der Waals surface area contributed by atoms with Crippen molar-refractivity contribution < 1.29 is 4.74 Å². The monoisotopic (exact) mass is 254 g/mol. The van der Waals surface area contributed by atoms with E-state index in [1.165, 1.54) is 12.8 Å². The molecule has 0 aromatic heterocycles. The second-order valence-electron chi connectivity index (χ2n) is 2.67. The number of hydrogen-bond acceptors (Lipinski definition) is 1. The Hall–Kier alpha value is 0.920. The summed E-state index contributed by atoms with van der Waals surface area (Å²) in [4.78, 5) is 1.24. The van der Waals surface area contributed by atoms with Crippen LogP contribution in [-0.2, 0) is 4.74 Å². The highest BCUT2D eigenvalue weighted by Crippen LogP contribution is 2.43. The summed E-state index contributed by atoms with van der Waals surface area (Å²) >= 11 is 7.15. The molecule has 52 valence electrons. The molecule has 1 heterocycles. The molecule has 0 N–H and O–H groups in total. The van der Waals surface area contributed by atoms with Gasteiger partial charge in [-0.05, 0) is 12.8 Å². The molecular weight excluding hydrogens is 248 g/mol. The third-order valence-electron chi connectivity index (χ3n) is 1.99. The van der Waals surface area contributed by atoms with Gasteiger partial charge in [-0.25, -0.2) is 0 Å². The Morgan fingerprint density at radius 3 is 1.89 bits per heavy atom. The van der Waals surface area contributed by atoms with Gasteiger partial charge < -0.3 is 4.74 Å². The van der Waals surface area contributed by atoms with Gasteiger partial charge in [-0.3, -0.25) is 0 Å². The van der Waals surface area contributed by atoms with Crippen molar-refractivity contribution >= 4 is 31.9 Å². The highest BCUT2D eigenvalue weighted by Gasteiger charge is 2.50. The van der Waals surface area contributed by atoms with Gasteiger partial charge in [0.1, 0.15) is 0 Å². The highest BCUT2D eigenvalue weighted by molar-refractivity contribution is 9.10. The average Bonchev–Trinajstić information content (AvgIpc) is 2.57. The van der Waals surface area contributed by atoms with Crippen molar-refractivity contribution in [3.8, 4) is 0 Å². The third kappa shape index (κ3) is 1.08. The van der Waals surface area contributed by atoms with E-state index in [9.17, 15) is 0 Å². The molecule has 9 heavy (non-hydrogen) atoms. The first-order chi connectivity index (χ1) is 4.29. The summed E-state index contributed by atoms with van der Waals surface area (Å²) in [6, 6.07) is 0. The van der Waals surface area contributed by atoms with Crippen LogP contribution in [0.15, 0.2) is 0 Å². The molecule has 1 saturated heterocycles. The van der Waals surface area contributed by atoms with Crippen LogP contribution in [0.5, 0.6) is 0 Å². The molecule has 2 aliphatic rings. The fourth-order valence-corrected chi connectivity index (χ4v) is 2.74. The number of ether oxygens (including phenoxy) is 1. The van der Waals surface area contributed by atoms with Crippen LogP contribution in [0.3, 0.4) is 0 Å². The maximum absolute atomic E-state index is 5.41. The minimum Gasteiger partial charge on any atom is -0.367 e. The molecule has 2 rings (SSSR count). The van der Waals surface area contributed by atoms with Crippen LogP contribution in [0, 0.1) is 0 Å². The van der Waals surface area contributed by atoms with E-state index in [1.807, 2.05) is 0 Å². The first-order valence-corrected chi connectivity index (χ1v) is 5.06. The number of hydrogen-bond donors (Lipinski definition) is 0. The molecule has 0 radical (unpaired) electrons.